The Labute approximate surface area is 54.4 Å². The van der Waals surface area contributed by atoms with E-state index in [-0.39, 0.29) is 6.67 Å². The van der Waals surface area contributed by atoms with Crippen LogP contribution in [-0.2, 0) is 4.74 Å². The molecule has 1 aliphatic heterocycles. The minimum absolute atomic E-state index is 0.264. The Morgan fingerprint density at radius 1 is 1.56 bits per heavy atom. The van der Waals surface area contributed by atoms with E-state index in [2.05, 4.69) is 5.32 Å². The van der Waals surface area contributed by atoms with E-state index < -0.39 is 0 Å². The van der Waals surface area contributed by atoms with Gasteiger partial charge >= 0.3 is 0 Å². The first kappa shape index (κ1) is 6.96. The van der Waals surface area contributed by atoms with Gasteiger partial charge in [0.05, 0.1) is 12.8 Å². The van der Waals surface area contributed by atoms with Crippen LogP contribution in [-0.4, -0.2) is 32.5 Å². The maximum absolute atomic E-state index is 11.5. The smallest absolute Gasteiger partial charge is 0.0916 e. The third-order valence-electron chi connectivity index (χ3n) is 1.38. The van der Waals surface area contributed by atoms with Crippen LogP contribution in [0.4, 0.5) is 4.39 Å². The van der Waals surface area contributed by atoms with Crippen molar-refractivity contribution in [3.63, 3.8) is 0 Å². The molecular weight excluding hydrogens is 121 g/mol. The second-order valence-electron chi connectivity index (χ2n) is 2.19. The maximum Gasteiger partial charge on any atom is 0.0916 e. The van der Waals surface area contributed by atoms with E-state index in [1.807, 2.05) is 0 Å². The van der Waals surface area contributed by atoms with Crippen molar-refractivity contribution in [3.8, 4) is 0 Å². The Kier molecular flexibility index (Phi) is 2.94. The summed E-state index contributed by atoms with van der Waals surface area (Å²) in [5.41, 5.74) is 0. The first-order chi connectivity index (χ1) is 4.43. The molecule has 0 amide bonds. The molecule has 1 fully saturated rings. The van der Waals surface area contributed by atoms with E-state index in [9.17, 15) is 4.39 Å². The first-order valence-electron chi connectivity index (χ1n) is 3.32. The topological polar surface area (TPSA) is 21.3 Å². The van der Waals surface area contributed by atoms with Gasteiger partial charge in [-0.15, -0.1) is 0 Å². The van der Waals surface area contributed by atoms with Gasteiger partial charge in [-0.1, -0.05) is 0 Å². The van der Waals surface area contributed by atoms with E-state index in [1.54, 1.807) is 0 Å². The van der Waals surface area contributed by atoms with Gasteiger partial charge in [0.25, 0.3) is 0 Å². The van der Waals surface area contributed by atoms with Crippen LogP contribution >= 0.6 is 0 Å². The molecule has 0 aromatic heterocycles. The van der Waals surface area contributed by atoms with Gasteiger partial charge in [0, 0.05) is 19.7 Å². The van der Waals surface area contributed by atoms with Crippen LogP contribution in [0.25, 0.3) is 0 Å². The minimum atomic E-state index is -0.264. The Hall–Kier alpha value is -0.150. The van der Waals surface area contributed by atoms with Crippen molar-refractivity contribution < 1.29 is 9.13 Å². The molecule has 0 radical (unpaired) electrons. The summed E-state index contributed by atoms with van der Waals surface area (Å²) in [6.07, 6.45) is 0.896. The van der Waals surface area contributed by atoms with Crippen LogP contribution in [0.3, 0.4) is 0 Å². The van der Waals surface area contributed by atoms with Gasteiger partial charge < -0.3 is 10.1 Å². The molecule has 1 aliphatic rings. The first-order valence-corrected chi connectivity index (χ1v) is 3.32. The number of nitrogens with one attached hydrogen (secondary N) is 1. The largest absolute Gasteiger partial charge is 0.375 e. The Morgan fingerprint density at radius 2 is 2.33 bits per heavy atom. The number of hydrogen-bond acceptors (Lipinski definition) is 2. The molecule has 0 bridgehead atoms. The quantitative estimate of drug-likeness (QED) is 0.558. The van der Waals surface area contributed by atoms with Crippen molar-refractivity contribution in [2.24, 2.45) is 0 Å². The molecule has 0 spiro atoms. The third kappa shape index (κ3) is 2.28. The lowest BCUT2D eigenvalue weighted by Gasteiger charge is -2.26. The molecule has 0 aromatic carbocycles. The SMILES string of the molecule is FCCCOC1CNC1. The molecule has 2 nitrogen and oxygen atoms in total. The van der Waals surface area contributed by atoms with Crippen molar-refractivity contribution in [1.82, 2.24) is 5.32 Å². The molecule has 0 unspecified atom stereocenters. The van der Waals surface area contributed by atoms with Crippen LogP contribution in [0, 0.1) is 0 Å². The van der Waals surface area contributed by atoms with Crippen molar-refractivity contribution in [1.29, 1.82) is 0 Å². The van der Waals surface area contributed by atoms with Crippen molar-refractivity contribution in [2.75, 3.05) is 26.4 Å². The number of ether oxygens (including phenoxy) is 1. The predicted octanol–water partition coefficient (Wildman–Crippen LogP) is 0.334. The Balaban J connectivity index is 1.80. The van der Waals surface area contributed by atoms with Gasteiger partial charge in [0.1, 0.15) is 0 Å². The molecule has 0 saturated carbocycles. The predicted molar refractivity (Wildman–Crippen MR) is 33.2 cm³/mol. The second-order valence-corrected chi connectivity index (χ2v) is 2.19. The van der Waals surface area contributed by atoms with Crippen LogP contribution < -0.4 is 5.32 Å². The van der Waals surface area contributed by atoms with Crippen LogP contribution in [0.2, 0.25) is 0 Å². The van der Waals surface area contributed by atoms with Gasteiger partial charge in [-0.05, 0) is 6.42 Å². The summed E-state index contributed by atoms with van der Waals surface area (Å²) in [7, 11) is 0. The van der Waals surface area contributed by atoms with Gasteiger partial charge in [-0.25, -0.2) is 0 Å². The van der Waals surface area contributed by atoms with Crippen molar-refractivity contribution >= 4 is 0 Å². The van der Waals surface area contributed by atoms with E-state index in [4.69, 9.17) is 4.74 Å². The van der Waals surface area contributed by atoms with E-state index in [0.29, 0.717) is 19.1 Å². The number of rotatable bonds is 4. The highest BCUT2D eigenvalue weighted by molar-refractivity contribution is 4.74. The molecular formula is C6H12FNO. The highest BCUT2D eigenvalue weighted by atomic mass is 19.1. The summed E-state index contributed by atoms with van der Waals surface area (Å²) < 4.78 is 16.7. The summed E-state index contributed by atoms with van der Waals surface area (Å²) in [6, 6.07) is 0. The average Bonchev–Trinajstić information content (AvgIpc) is 1.76. The summed E-state index contributed by atoms with van der Waals surface area (Å²) in [4.78, 5) is 0. The van der Waals surface area contributed by atoms with Gasteiger partial charge in [-0.3, -0.25) is 4.39 Å². The zero-order valence-electron chi connectivity index (χ0n) is 5.40. The summed E-state index contributed by atoms with van der Waals surface area (Å²) in [5.74, 6) is 0. The fraction of sp³-hybridized carbons (Fsp3) is 1.00. The van der Waals surface area contributed by atoms with Gasteiger partial charge in [0.15, 0.2) is 0 Å². The Morgan fingerprint density at radius 3 is 2.78 bits per heavy atom. The normalized spacial score (nSPS) is 19.7. The van der Waals surface area contributed by atoms with E-state index in [0.717, 1.165) is 13.1 Å². The highest BCUT2D eigenvalue weighted by Crippen LogP contribution is 1.98. The highest BCUT2D eigenvalue weighted by Gasteiger charge is 2.15. The number of hydrogen-bond donors (Lipinski definition) is 1. The molecule has 1 rings (SSSR count). The van der Waals surface area contributed by atoms with E-state index in [1.165, 1.54) is 0 Å². The number of alkyl halides is 1. The molecule has 1 N–H and O–H groups in total. The molecule has 0 aromatic rings. The molecule has 1 saturated heterocycles. The fourth-order valence-corrected chi connectivity index (χ4v) is 0.685. The second kappa shape index (κ2) is 3.80. The van der Waals surface area contributed by atoms with Crippen LogP contribution in [0.5, 0.6) is 0 Å². The summed E-state index contributed by atoms with van der Waals surface area (Å²) >= 11 is 0. The van der Waals surface area contributed by atoms with Gasteiger partial charge in [-0.2, -0.15) is 0 Å². The lowest BCUT2D eigenvalue weighted by atomic mass is 10.2. The summed E-state index contributed by atoms with van der Waals surface area (Å²) in [5, 5.41) is 3.07. The Bertz CT molecular complexity index is 75.5. The van der Waals surface area contributed by atoms with Crippen molar-refractivity contribution in [2.45, 2.75) is 12.5 Å². The third-order valence-corrected chi connectivity index (χ3v) is 1.38. The minimum Gasteiger partial charge on any atom is -0.375 e. The molecule has 54 valence electrons. The standard InChI is InChI=1S/C6H12FNO/c7-2-1-3-9-6-4-8-5-6/h6,8H,1-5H2. The summed E-state index contributed by atoms with van der Waals surface area (Å²) in [6.45, 7) is 2.18. The zero-order valence-corrected chi connectivity index (χ0v) is 5.40. The van der Waals surface area contributed by atoms with E-state index >= 15 is 0 Å². The van der Waals surface area contributed by atoms with Crippen LogP contribution in [0.15, 0.2) is 0 Å². The molecule has 3 heteroatoms. The van der Waals surface area contributed by atoms with Crippen molar-refractivity contribution in [3.05, 3.63) is 0 Å². The lowest BCUT2D eigenvalue weighted by Crippen LogP contribution is -2.48. The molecule has 9 heavy (non-hydrogen) atoms. The molecule has 0 aliphatic carbocycles. The average molecular weight is 133 g/mol. The lowest BCUT2D eigenvalue weighted by molar-refractivity contribution is 0.0158. The fourth-order valence-electron chi connectivity index (χ4n) is 0.685. The zero-order chi connectivity index (χ0) is 6.53. The van der Waals surface area contributed by atoms with Gasteiger partial charge in [0.2, 0.25) is 0 Å². The monoisotopic (exact) mass is 133 g/mol. The molecule has 1 heterocycles. The maximum atomic E-state index is 11.5. The number of halogens is 1. The molecule has 0 atom stereocenters. The van der Waals surface area contributed by atoms with Crippen LogP contribution in [0.1, 0.15) is 6.42 Å².